The highest BCUT2D eigenvalue weighted by atomic mass is 32.2. The second-order valence-electron chi connectivity index (χ2n) is 4.11. The van der Waals surface area contributed by atoms with Gasteiger partial charge in [-0.2, -0.15) is 13.2 Å². The van der Waals surface area contributed by atoms with Crippen LogP contribution in [0.1, 0.15) is 17.5 Å². The number of hydrogen-bond acceptors (Lipinski definition) is 2. The molecule has 2 nitrogen and oxygen atoms in total. The van der Waals surface area contributed by atoms with Gasteiger partial charge in [-0.1, -0.05) is 6.07 Å². The monoisotopic (exact) mass is 297 g/mol. The van der Waals surface area contributed by atoms with E-state index < -0.39 is 28.4 Å². The smallest absolute Gasteiger partial charge is 0.313 e. The summed E-state index contributed by atoms with van der Waals surface area (Å²) in [5.41, 5.74) is -0.953. The average Bonchev–Trinajstić information content (AvgIpc) is 2.28. The summed E-state index contributed by atoms with van der Waals surface area (Å²) in [6.45, 7) is 0.472. The van der Waals surface area contributed by atoms with Crippen LogP contribution in [0, 0.1) is 5.82 Å². The average molecular weight is 297 g/mol. The molecule has 1 rings (SSSR count). The molecule has 0 saturated carbocycles. The Hall–Kier alpha value is -0.950. The Bertz CT molecular complexity index is 448. The van der Waals surface area contributed by atoms with Crippen LogP contribution < -0.4 is 5.32 Å². The Morgan fingerprint density at radius 1 is 1.32 bits per heavy atom. The van der Waals surface area contributed by atoms with Crippen molar-refractivity contribution in [2.24, 2.45) is 0 Å². The molecule has 108 valence electrons. The van der Waals surface area contributed by atoms with Gasteiger partial charge in [-0.15, -0.1) is 0 Å². The number of hydrogen-bond donors (Lipinski definition) is 1. The van der Waals surface area contributed by atoms with Gasteiger partial charge in [0.05, 0.1) is 5.56 Å². The van der Waals surface area contributed by atoms with Crippen LogP contribution in [0.4, 0.5) is 17.6 Å². The van der Waals surface area contributed by atoms with Crippen molar-refractivity contribution in [3.63, 3.8) is 0 Å². The van der Waals surface area contributed by atoms with E-state index in [-0.39, 0.29) is 12.1 Å². The zero-order chi connectivity index (χ0) is 14.5. The summed E-state index contributed by atoms with van der Waals surface area (Å²) in [6.07, 6.45) is -2.38. The standard InChI is InChI=1S/C12H15F4NOS/c1-19(18)6-2-5-17-8-9-3-4-10(13)7-11(9)12(14,15)16/h3-4,7,17H,2,5-6,8H2,1H3. The first-order valence-electron chi connectivity index (χ1n) is 5.67. The molecule has 7 heteroatoms. The Morgan fingerprint density at radius 3 is 2.58 bits per heavy atom. The molecule has 1 aromatic rings. The lowest BCUT2D eigenvalue weighted by Crippen LogP contribution is -2.19. The van der Waals surface area contributed by atoms with Crippen LogP contribution in [0.25, 0.3) is 0 Å². The molecule has 0 saturated heterocycles. The molecular weight excluding hydrogens is 282 g/mol. The second-order valence-corrected chi connectivity index (χ2v) is 5.66. The zero-order valence-corrected chi connectivity index (χ0v) is 11.2. The largest absolute Gasteiger partial charge is 0.416 e. The summed E-state index contributed by atoms with van der Waals surface area (Å²) in [5.74, 6) is -0.403. The fourth-order valence-electron chi connectivity index (χ4n) is 1.59. The summed E-state index contributed by atoms with van der Waals surface area (Å²) in [7, 11) is -0.905. The molecule has 1 N–H and O–H groups in total. The Balaban J connectivity index is 2.61. The van der Waals surface area contributed by atoms with Gasteiger partial charge in [-0.25, -0.2) is 4.39 Å². The van der Waals surface area contributed by atoms with Crippen LogP contribution in [0.3, 0.4) is 0 Å². The van der Waals surface area contributed by atoms with E-state index in [4.69, 9.17) is 0 Å². The van der Waals surface area contributed by atoms with Gasteiger partial charge in [0.15, 0.2) is 0 Å². The summed E-state index contributed by atoms with van der Waals surface area (Å²) < 4.78 is 61.7. The molecule has 0 amide bonds. The van der Waals surface area contributed by atoms with Gasteiger partial charge in [0.1, 0.15) is 5.82 Å². The van der Waals surface area contributed by atoms with Crippen LogP contribution in [-0.2, 0) is 23.5 Å². The molecule has 0 aliphatic carbocycles. The third-order valence-electron chi connectivity index (χ3n) is 2.48. The number of benzene rings is 1. The van der Waals surface area contributed by atoms with E-state index in [1.165, 1.54) is 0 Å². The maximum absolute atomic E-state index is 12.9. The molecule has 0 bridgehead atoms. The SMILES string of the molecule is CS(=O)CCCNCc1ccc(F)cc1C(F)(F)F. The molecule has 1 unspecified atom stereocenters. The van der Waals surface area contributed by atoms with Gasteiger partial charge < -0.3 is 5.32 Å². The quantitative estimate of drug-likeness (QED) is 0.646. The van der Waals surface area contributed by atoms with E-state index in [2.05, 4.69) is 5.32 Å². The van der Waals surface area contributed by atoms with Crippen LogP contribution in [0.2, 0.25) is 0 Å². The van der Waals surface area contributed by atoms with Gasteiger partial charge in [-0.05, 0) is 30.7 Å². The highest BCUT2D eigenvalue weighted by Crippen LogP contribution is 2.32. The highest BCUT2D eigenvalue weighted by Gasteiger charge is 2.33. The molecule has 0 aliphatic rings. The van der Waals surface area contributed by atoms with Gasteiger partial charge in [0.2, 0.25) is 0 Å². The van der Waals surface area contributed by atoms with Gasteiger partial charge >= 0.3 is 6.18 Å². The van der Waals surface area contributed by atoms with E-state index in [0.717, 1.165) is 12.1 Å². The van der Waals surface area contributed by atoms with Crippen LogP contribution >= 0.6 is 0 Å². The molecular formula is C12H15F4NOS. The third-order valence-corrected chi connectivity index (χ3v) is 3.34. The first-order valence-corrected chi connectivity index (χ1v) is 7.40. The molecule has 1 aromatic carbocycles. The molecule has 0 heterocycles. The summed E-state index contributed by atoms with van der Waals surface area (Å²) in [5, 5.41) is 2.83. The predicted molar refractivity (Wildman–Crippen MR) is 66.7 cm³/mol. The highest BCUT2D eigenvalue weighted by molar-refractivity contribution is 7.84. The van der Waals surface area contributed by atoms with Crippen molar-refractivity contribution in [3.8, 4) is 0 Å². The van der Waals surface area contributed by atoms with E-state index in [1.807, 2.05) is 0 Å². The van der Waals surface area contributed by atoms with Crippen molar-refractivity contribution in [1.29, 1.82) is 0 Å². The van der Waals surface area contributed by atoms with Gasteiger partial charge in [-0.3, -0.25) is 4.21 Å². The lowest BCUT2D eigenvalue weighted by atomic mass is 10.1. The first-order chi connectivity index (χ1) is 8.80. The number of alkyl halides is 3. The van der Waals surface area contributed by atoms with E-state index in [0.29, 0.717) is 24.8 Å². The van der Waals surface area contributed by atoms with Crippen molar-refractivity contribution in [1.82, 2.24) is 5.32 Å². The number of halogens is 4. The molecule has 19 heavy (non-hydrogen) atoms. The van der Waals surface area contributed by atoms with Crippen LogP contribution in [0.15, 0.2) is 18.2 Å². The lowest BCUT2D eigenvalue weighted by molar-refractivity contribution is -0.138. The lowest BCUT2D eigenvalue weighted by Gasteiger charge is -2.13. The number of rotatable bonds is 6. The summed E-state index contributed by atoms with van der Waals surface area (Å²) >= 11 is 0. The summed E-state index contributed by atoms with van der Waals surface area (Å²) in [4.78, 5) is 0. The maximum atomic E-state index is 12.9. The summed E-state index contributed by atoms with van der Waals surface area (Å²) in [6, 6.07) is 2.63. The van der Waals surface area contributed by atoms with Crippen molar-refractivity contribution >= 4 is 10.8 Å². The minimum atomic E-state index is -4.57. The van der Waals surface area contributed by atoms with E-state index in [1.54, 1.807) is 6.26 Å². The molecule has 0 aromatic heterocycles. The second kappa shape index (κ2) is 7.00. The Morgan fingerprint density at radius 2 is 2.00 bits per heavy atom. The minimum Gasteiger partial charge on any atom is -0.313 e. The fourth-order valence-corrected chi connectivity index (χ4v) is 2.14. The molecule has 0 aliphatic heterocycles. The van der Waals surface area contributed by atoms with Gasteiger partial charge in [0.25, 0.3) is 0 Å². The molecule has 1 atom stereocenters. The Labute approximate surface area is 111 Å². The normalized spacial score (nSPS) is 13.5. The van der Waals surface area contributed by atoms with Crippen LogP contribution in [0.5, 0.6) is 0 Å². The molecule has 0 fully saturated rings. The fraction of sp³-hybridized carbons (Fsp3) is 0.500. The van der Waals surface area contributed by atoms with Crippen molar-refractivity contribution in [2.75, 3.05) is 18.6 Å². The first kappa shape index (κ1) is 16.1. The molecule has 0 spiro atoms. The number of nitrogens with one attached hydrogen (secondary N) is 1. The topological polar surface area (TPSA) is 29.1 Å². The van der Waals surface area contributed by atoms with Crippen molar-refractivity contribution in [3.05, 3.63) is 35.1 Å². The van der Waals surface area contributed by atoms with E-state index in [9.17, 15) is 21.8 Å². The van der Waals surface area contributed by atoms with E-state index >= 15 is 0 Å². The van der Waals surface area contributed by atoms with Crippen molar-refractivity contribution < 1.29 is 21.8 Å². The minimum absolute atomic E-state index is 0.00543. The van der Waals surface area contributed by atoms with Crippen molar-refractivity contribution in [2.45, 2.75) is 19.1 Å². The predicted octanol–water partition coefficient (Wildman–Crippen LogP) is 2.70. The third kappa shape index (κ3) is 5.69. The zero-order valence-electron chi connectivity index (χ0n) is 10.4. The van der Waals surface area contributed by atoms with Crippen LogP contribution in [-0.4, -0.2) is 22.8 Å². The Kier molecular flexibility index (Phi) is 5.93. The van der Waals surface area contributed by atoms with Gasteiger partial charge in [0, 0.05) is 29.4 Å². The maximum Gasteiger partial charge on any atom is 0.416 e. The molecule has 0 radical (unpaired) electrons.